The Morgan fingerprint density at radius 3 is 2.76 bits per heavy atom. The Morgan fingerprint density at radius 1 is 1.33 bits per heavy atom. The third kappa shape index (κ3) is 3.39. The van der Waals surface area contributed by atoms with Gasteiger partial charge in [0, 0.05) is 24.8 Å². The monoisotopic (exact) mass is 290 g/mol. The number of rotatable bonds is 2. The molecule has 1 aliphatic rings. The van der Waals surface area contributed by atoms with Crippen molar-refractivity contribution in [2.75, 3.05) is 23.4 Å². The van der Waals surface area contributed by atoms with E-state index >= 15 is 0 Å². The van der Waals surface area contributed by atoms with E-state index in [1.54, 1.807) is 24.0 Å². The number of amides is 2. The number of benzene rings is 1. The molecule has 1 aromatic carbocycles. The van der Waals surface area contributed by atoms with Gasteiger partial charge in [0.15, 0.2) is 0 Å². The van der Waals surface area contributed by atoms with E-state index in [1.165, 1.54) is 6.92 Å². The lowest BCUT2D eigenvalue weighted by Gasteiger charge is -2.29. The van der Waals surface area contributed by atoms with Crippen LogP contribution in [0.2, 0.25) is 0 Å². The molecule has 0 bridgehead atoms. The van der Waals surface area contributed by atoms with Crippen LogP contribution in [-0.4, -0.2) is 30.9 Å². The Morgan fingerprint density at radius 2 is 2.10 bits per heavy atom. The topological polar surface area (TPSA) is 75.7 Å². The Bertz CT molecular complexity index is 583. The van der Waals surface area contributed by atoms with Crippen LogP contribution >= 0.6 is 0 Å². The fraction of sp³-hybridized carbons (Fsp3) is 0.400. The molecule has 112 valence electrons. The number of esters is 1. The number of nitrogens with zero attached hydrogens (tertiary/aromatic N) is 1. The van der Waals surface area contributed by atoms with E-state index < -0.39 is 11.9 Å². The van der Waals surface area contributed by atoms with Crippen LogP contribution in [0.5, 0.6) is 0 Å². The molecule has 0 saturated heterocycles. The van der Waals surface area contributed by atoms with Gasteiger partial charge >= 0.3 is 11.9 Å². The van der Waals surface area contributed by atoms with Gasteiger partial charge in [-0.1, -0.05) is 6.07 Å². The van der Waals surface area contributed by atoms with Crippen molar-refractivity contribution in [3.63, 3.8) is 0 Å². The highest BCUT2D eigenvalue weighted by atomic mass is 16.5. The molecule has 0 aromatic heterocycles. The molecule has 0 saturated carbocycles. The Balaban J connectivity index is 2.20. The van der Waals surface area contributed by atoms with Crippen LogP contribution in [-0.2, 0) is 25.5 Å². The van der Waals surface area contributed by atoms with Gasteiger partial charge in [-0.2, -0.15) is 0 Å². The van der Waals surface area contributed by atoms with E-state index in [0.29, 0.717) is 12.2 Å². The van der Waals surface area contributed by atoms with E-state index in [4.69, 9.17) is 0 Å². The number of carbonyl (C=O) groups is 3. The summed E-state index contributed by atoms with van der Waals surface area (Å²) in [6.45, 7) is 3.96. The fourth-order valence-electron chi connectivity index (χ4n) is 2.36. The standard InChI is InChI=1S/C15H18N2O4/c1-3-21-15(20)14(19)16-12-7-6-11-5-4-8-17(10(2)18)13(11)9-12/h6-7,9H,3-5,8H2,1-2H3,(H,16,19). The van der Waals surface area contributed by atoms with Gasteiger partial charge in [-0.05, 0) is 37.5 Å². The third-order valence-electron chi connectivity index (χ3n) is 3.30. The van der Waals surface area contributed by atoms with Crippen LogP contribution in [0.15, 0.2) is 18.2 Å². The van der Waals surface area contributed by atoms with Gasteiger partial charge in [0.1, 0.15) is 0 Å². The average molecular weight is 290 g/mol. The van der Waals surface area contributed by atoms with Crippen molar-refractivity contribution in [2.45, 2.75) is 26.7 Å². The van der Waals surface area contributed by atoms with Gasteiger partial charge in [0.25, 0.3) is 0 Å². The molecule has 0 radical (unpaired) electrons. The van der Waals surface area contributed by atoms with E-state index in [-0.39, 0.29) is 12.5 Å². The van der Waals surface area contributed by atoms with Crippen LogP contribution < -0.4 is 10.2 Å². The summed E-state index contributed by atoms with van der Waals surface area (Å²) in [6.07, 6.45) is 1.81. The predicted molar refractivity (Wildman–Crippen MR) is 78.1 cm³/mol. The molecule has 1 aromatic rings. The summed E-state index contributed by atoms with van der Waals surface area (Å²) in [5.74, 6) is -1.77. The zero-order valence-electron chi connectivity index (χ0n) is 12.1. The van der Waals surface area contributed by atoms with E-state index in [0.717, 1.165) is 24.1 Å². The summed E-state index contributed by atoms with van der Waals surface area (Å²) in [4.78, 5) is 36.3. The molecule has 21 heavy (non-hydrogen) atoms. The molecular formula is C15H18N2O4. The molecule has 0 fully saturated rings. The molecule has 0 aliphatic carbocycles. The van der Waals surface area contributed by atoms with Gasteiger partial charge in [-0.25, -0.2) is 4.79 Å². The maximum absolute atomic E-state index is 11.7. The maximum Gasteiger partial charge on any atom is 0.397 e. The number of fused-ring (bicyclic) bond motifs is 1. The fourth-order valence-corrected chi connectivity index (χ4v) is 2.36. The van der Waals surface area contributed by atoms with Gasteiger partial charge in [-0.3, -0.25) is 9.59 Å². The first-order valence-corrected chi connectivity index (χ1v) is 6.92. The quantitative estimate of drug-likeness (QED) is 0.661. The van der Waals surface area contributed by atoms with Crippen molar-refractivity contribution in [1.82, 2.24) is 0 Å². The Kier molecular flexibility index (Phi) is 4.57. The molecule has 1 heterocycles. The number of nitrogens with one attached hydrogen (secondary N) is 1. The van der Waals surface area contributed by atoms with Crippen molar-refractivity contribution in [1.29, 1.82) is 0 Å². The molecule has 0 spiro atoms. The van der Waals surface area contributed by atoms with Crippen LogP contribution in [0, 0.1) is 0 Å². The zero-order valence-corrected chi connectivity index (χ0v) is 12.1. The summed E-state index contributed by atoms with van der Waals surface area (Å²) in [6, 6.07) is 5.30. The second-order valence-electron chi connectivity index (χ2n) is 4.79. The second kappa shape index (κ2) is 6.39. The lowest BCUT2D eigenvalue weighted by Crippen LogP contribution is -2.33. The maximum atomic E-state index is 11.7. The molecule has 2 amide bonds. The van der Waals surface area contributed by atoms with Crippen molar-refractivity contribution in [2.24, 2.45) is 0 Å². The second-order valence-corrected chi connectivity index (χ2v) is 4.79. The first kappa shape index (κ1) is 15.0. The lowest BCUT2D eigenvalue weighted by atomic mass is 10.0. The zero-order chi connectivity index (χ0) is 15.4. The van der Waals surface area contributed by atoms with Crippen molar-refractivity contribution in [3.05, 3.63) is 23.8 Å². The van der Waals surface area contributed by atoms with Gasteiger partial charge in [0.05, 0.1) is 6.61 Å². The number of aryl methyl sites for hydroxylation is 1. The van der Waals surface area contributed by atoms with E-state index in [1.807, 2.05) is 6.07 Å². The first-order valence-electron chi connectivity index (χ1n) is 6.92. The summed E-state index contributed by atoms with van der Waals surface area (Å²) in [5, 5.41) is 2.48. The largest absolute Gasteiger partial charge is 0.459 e. The van der Waals surface area contributed by atoms with E-state index in [9.17, 15) is 14.4 Å². The number of anilines is 2. The SMILES string of the molecule is CCOC(=O)C(=O)Nc1ccc2c(c1)N(C(C)=O)CCC2. The molecule has 6 nitrogen and oxygen atoms in total. The average Bonchev–Trinajstić information content (AvgIpc) is 2.46. The van der Waals surface area contributed by atoms with Crippen LogP contribution in [0.4, 0.5) is 11.4 Å². The molecule has 6 heteroatoms. The number of hydrogen-bond donors (Lipinski definition) is 1. The van der Waals surface area contributed by atoms with Crippen LogP contribution in [0.25, 0.3) is 0 Å². The highest BCUT2D eigenvalue weighted by Gasteiger charge is 2.21. The third-order valence-corrected chi connectivity index (χ3v) is 3.30. The minimum Gasteiger partial charge on any atom is -0.459 e. The number of hydrogen-bond acceptors (Lipinski definition) is 4. The summed E-state index contributed by atoms with van der Waals surface area (Å²) in [7, 11) is 0. The minimum absolute atomic E-state index is 0.0372. The summed E-state index contributed by atoms with van der Waals surface area (Å²) in [5.41, 5.74) is 2.32. The highest BCUT2D eigenvalue weighted by Crippen LogP contribution is 2.30. The highest BCUT2D eigenvalue weighted by molar-refractivity contribution is 6.37. The first-order chi connectivity index (χ1) is 10.0. The molecule has 0 unspecified atom stereocenters. The Labute approximate surface area is 123 Å². The van der Waals surface area contributed by atoms with Gasteiger partial charge < -0.3 is 15.0 Å². The lowest BCUT2D eigenvalue weighted by molar-refractivity contribution is -0.152. The smallest absolute Gasteiger partial charge is 0.397 e. The predicted octanol–water partition coefficient (Wildman–Crippen LogP) is 1.49. The minimum atomic E-state index is -0.918. The summed E-state index contributed by atoms with van der Waals surface area (Å²) < 4.78 is 4.63. The van der Waals surface area contributed by atoms with E-state index in [2.05, 4.69) is 10.1 Å². The Hall–Kier alpha value is -2.37. The molecule has 2 rings (SSSR count). The van der Waals surface area contributed by atoms with Crippen LogP contribution in [0.1, 0.15) is 25.8 Å². The number of carbonyl (C=O) groups excluding carboxylic acids is 3. The molecular weight excluding hydrogens is 272 g/mol. The molecule has 1 aliphatic heterocycles. The molecule has 0 atom stereocenters. The van der Waals surface area contributed by atoms with Gasteiger partial charge in [-0.15, -0.1) is 0 Å². The molecule has 1 N–H and O–H groups in total. The van der Waals surface area contributed by atoms with Crippen LogP contribution in [0.3, 0.4) is 0 Å². The normalized spacial score (nSPS) is 13.3. The van der Waals surface area contributed by atoms with Gasteiger partial charge in [0.2, 0.25) is 5.91 Å². The summed E-state index contributed by atoms with van der Waals surface area (Å²) >= 11 is 0. The number of ether oxygens (including phenoxy) is 1. The van der Waals surface area contributed by atoms with Crippen molar-refractivity contribution < 1.29 is 19.1 Å². The van der Waals surface area contributed by atoms with Crippen molar-refractivity contribution >= 4 is 29.2 Å². The van der Waals surface area contributed by atoms with Crippen molar-refractivity contribution in [3.8, 4) is 0 Å².